The van der Waals surface area contributed by atoms with Gasteiger partial charge in [0, 0.05) is 6.92 Å². The van der Waals surface area contributed by atoms with Gasteiger partial charge in [0.05, 0.1) is 6.26 Å². The van der Waals surface area contributed by atoms with Crippen LogP contribution >= 0.6 is 0 Å². The lowest BCUT2D eigenvalue weighted by atomic mass is 10.7. The molecule has 0 radical (unpaired) electrons. The molecule has 0 fully saturated rings. The van der Waals surface area contributed by atoms with Crippen LogP contribution < -0.4 is 12.4 Å². The molecule has 0 N–H and O–H groups in total. The fourth-order valence-corrected chi connectivity index (χ4v) is 0.992. The minimum Gasteiger partial charge on any atom is -1.00 e. The molecule has 0 unspecified atom stereocenters. The fourth-order valence-electron chi connectivity index (χ4n) is 0.452. The largest absolute Gasteiger partial charge is 1.00 e. The molecule has 0 aromatic heterocycles. The van der Waals surface area contributed by atoms with Crippen molar-refractivity contribution < 1.29 is 29.8 Å². The summed E-state index contributed by atoms with van der Waals surface area (Å²) in [4.78, 5) is 0. The Morgan fingerprint density at radius 2 is 2.00 bits per heavy atom. The topological polar surface area (TPSA) is 46.4 Å². The molecule has 0 aliphatic rings. The Balaban J connectivity index is 0. The Hall–Kier alpha value is -0.290. The van der Waals surface area contributed by atoms with E-state index >= 15 is 0 Å². The van der Waals surface area contributed by atoms with Crippen LogP contribution in [0.1, 0.15) is 13.8 Å². The minimum absolute atomic E-state index is 0. The maximum atomic E-state index is 10.5. The average molecular weight is 202 g/mol. The van der Waals surface area contributed by atoms with E-state index in [2.05, 4.69) is 4.28 Å². The third-order valence-electron chi connectivity index (χ3n) is 0.831. The van der Waals surface area contributed by atoms with Crippen LogP contribution in [0.4, 0.5) is 0 Å². The van der Waals surface area contributed by atoms with E-state index in [1.807, 2.05) is 0 Å². The average Bonchev–Trinajstić information content (AvgIpc) is 1.81. The van der Waals surface area contributed by atoms with Crippen LogP contribution in [0.3, 0.4) is 0 Å². The normalized spacial score (nSPS) is 12.1. The van der Waals surface area contributed by atoms with Crippen LogP contribution in [0.2, 0.25) is 0 Å². The van der Waals surface area contributed by atoms with E-state index in [0.29, 0.717) is 6.54 Å². The van der Waals surface area contributed by atoms with Crippen molar-refractivity contribution in [2.24, 2.45) is 0 Å². The van der Waals surface area contributed by atoms with Gasteiger partial charge in [0.15, 0.2) is 12.8 Å². The monoisotopic (exact) mass is 201 g/mol. The standard InChI is InChI=1S/C5H12NO3S.ClH/c1-4-6(5-2)9-10(3,7)8;/h4H,5H2,1-3H3;1H/q+1;/p-1. The first-order valence-corrected chi connectivity index (χ1v) is 4.77. The van der Waals surface area contributed by atoms with Gasteiger partial charge in [0.25, 0.3) is 0 Å². The van der Waals surface area contributed by atoms with Crippen molar-refractivity contribution in [3.05, 3.63) is 0 Å². The van der Waals surface area contributed by atoms with Crippen LogP contribution in [0.5, 0.6) is 0 Å². The molecule has 0 atom stereocenters. The van der Waals surface area contributed by atoms with Gasteiger partial charge in [-0.3, -0.25) is 0 Å². The lowest BCUT2D eigenvalue weighted by Gasteiger charge is -1.94. The summed E-state index contributed by atoms with van der Waals surface area (Å²) in [5, 5.41) is 0. The second-order valence-corrected chi connectivity index (χ2v) is 3.33. The first-order chi connectivity index (χ1) is 4.49. The van der Waals surface area contributed by atoms with Crippen LogP contribution in [0.25, 0.3) is 0 Å². The zero-order chi connectivity index (χ0) is 8.20. The van der Waals surface area contributed by atoms with Crippen LogP contribution in [-0.4, -0.2) is 32.2 Å². The molecule has 4 nitrogen and oxygen atoms in total. The summed E-state index contributed by atoms with van der Waals surface area (Å²) >= 11 is 0. The van der Waals surface area contributed by atoms with Gasteiger partial charge in [-0.2, -0.15) is 8.42 Å². The van der Waals surface area contributed by atoms with Crippen molar-refractivity contribution in [3.8, 4) is 0 Å². The summed E-state index contributed by atoms with van der Waals surface area (Å²) in [6.45, 7) is 4.02. The van der Waals surface area contributed by atoms with Gasteiger partial charge in [-0.1, -0.05) is 0 Å². The van der Waals surface area contributed by atoms with Crippen LogP contribution in [0.15, 0.2) is 0 Å². The maximum Gasteiger partial charge on any atom is 0.363 e. The van der Waals surface area contributed by atoms with Gasteiger partial charge in [0.1, 0.15) is 0 Å². The van der Waals surface area contributed by atoms with Gasteiger partial charge in [-0.25, -0.2) is 0 Å². The first kappa shape index (κ1) is 13.3. The number of hydrogen-bond acceptors (Lipinski definition) is 3. The highest BCUT2D eigenvalue weighted by atomic mass is 35.5. The molecular weight excluding hydrogens is 190 g/mol. The smallest absolute Gasteiger partial charge is 0.363 e. The van der Waals surface area contributed by atoms with Gasteiger partial charge in [-0.05, 0) is 11.7 Å². The van der Waals surface area contributed by atoms with E-state index in [9.17, 15) is 8.42 Å². The molecule has 0 aliphatic heterocycles. The summed E-state index contributed by atoms with van der Waals surface area (Å²) < 4.78 is 26.7. The van der Waals surface area contributed by atoms with Crippen molar-refractivity contribution >= 4 is 16.3 Å². The van der Waals surface area contributed by atoms with Crippen molar-refractivity contribution in [1.29, 1.82) is 0 Å². The third kappa shape index (κ3) is 7.61. The Bertz CT molecular complexity index is 222. The lowest BCUT2D eigenvalue weighted by molar-refractivity contribution is -0.739. The van der Waals surface area contributed by atoms with Crippen molar-refractivity contribution in [2.75, 3.05) is 12.8 Å². The molecule has 68 valence electrons. The number of hydrogen-bond donors (Lipinski definition) is 0. The fraction of sp³-hybridized carbons (Fsp3) is 0.800. The first-order valence-electron chi connectivity index (χ1n) is 2.95. The van der Waals surface area contributed by atoms with E-state index in [1.54, 1.807) is 20.1 Å². The molecule has 0 aromatic carbocycles. The maximum absolute atomic E-state index is 10.5. The zero-order valence-electron chi connectivity index (χ0n) is 6.74. The summed E-state index contributed by atoms with van der Waals surface area (Å²) in [5.74, 6) is 0. The Kier molecular flexibility index (Phi) is 6.50. The van der Waals surface area contributed by atoms with E-state index < -0.39 is 10.1 Å². The van der Waals surface area contributed by atoms with E-state index in [0.717, 1.165) is 6.26 Å². The number of rotatable bonds is 3. The van der Waals surface area contributed by atoms with Crippen LogP contribution in [-0.2, 0) is 14.4 Å². The van der Waals surface area contributed by atoms with Gasteiger partial charge in [-0.15, -0.1) is 4.28 Å². The molecular formula is C5H12ClNO3S. The summed E-state index contributed by atoms with van der Waals surface area (Å²) in [6.07, 6.45) is 2.57. The molecule has 11 heavy (non-hydrogen) atoms. The quantitative estimate of drug-likeness (QED) is 0.278. The zero-order valence-corrected chi connectivity index (χ0v) is 8.32. The predicted molar refractivity (Wildman–Crippen MR) is 38.5 cm³/mol. The molecule has 0 saturated carbocycles. The molecule has 0 spiro atoms. The number of hydroxylamine groups is 1. The van der Waals surface area contributed by atoms with Gasteiger partial charge < -0.3 is 12.4 Å². The molecule has 0 amide bonds. The molecule has 6 heteroatoms. The second-order valence-electron chi connectivity index (χ2n) is 1.77. The SMILES string of the molecule is CC=[N+](CC)OS(C)(=O)=O.[Cl-]. The van der Waals surface area contributed by atoms with Crippen molar-refractivity contribution in [1.82, 2.24) is 0 Å². The molecule has 0 saturated heterocycles. The minimum atomic E-state index is -3.35. The molecule has 0 bridgehead atoms. The highest BCUT2D eigenvalue weighted by Gasteiger charge is 2.09. The van der Waals surface area contributed by atoms with Crippen molar-refractivity contribution in [2.45, 2.75) is 13.8 Å². The summed E-state index contributed by atoms with van der Waals surface area (Å²) in [6, 6.07) is 0. The molecule has 0 heterocycles. The van der Waals surface area contributed by atoms with E-state index in [1.165, 1.54) is 4.74 Å². The highest BCUT2D eigenvalue weighted by molar-refractivity contribution is 7.85. The highest BCUT2D eigenvalue weighted by Crippen LogP contribution is 1.86. The van der Waals surface area contributed by atoms with E-state index in [-0.39, 0.29) is 12.4 Å². The van der Waals surface area contributed by atoms with Crippen LogP contribution in [0, 0.1) is 0 Å². The van der Waals surface area contributed by atoms with Crippen molar-refractivity contribution in [3.63, 3.8) is 0 Å². The molecule has 0 aliphatic carbocycles. The van der Waals surface area contributed by atoms with Gasteiger partial charge >= 0.3 is 10.1 Å². The Labute approximate surface area is 73.4 Å². The third-order valence-corrected chi connectivity index (χ3v) is 1.29. The number of nitrogens with zero attached hydrogens (tertiary/aromatic N) is 1. The Morgan fingerprint density at radius 1 is 1.55 bits per heavy atom. The number of halogens is 1. The summed E-state index contributed by atoms with van der Waals surface area (Å²) in [5.41, 5.74) is 0. The molecule has 0 rings (SSSR count). The summed E-state index contributed by atoms with van der Waals surface area (Å²) in [7, 11) is -3.35. The second kappa shape index (κ2) is 5.37. The Morgan fingerprint density at radius 3 is 2.09 bits per heavy atom. The van der Waals surface area contributed by atoms with E-state index in [4.69, 9.17) is 0 Å². The van der Waals surface area contributed by atoms with Gasteiger partial charge in [0.2, 0.25) is 0 Å². The predicted octanol–water partition coefficient (Wildman–Crippen LogP) is -3.00. The molecule has 0 aromatic rings. The lowest BCUT2D eigenvalue weighted by Crippen LogP contribution is -3.00.